The first-order valence-corrected chi connectivity index (χ1v) is 5.87. The predicted octanol–water partition coefficient (Wildman–Crippen LogP) is 3.26. The Morgan fingerprint density at radius 1 is 1.14 bits per heavy atom. The van der Waals surface area contributed by atoms with Crippen molar-refractivity contribution in [2.24, 2.45) is 0 Å². The number of rotatable bonds is 4. The van der Waals surface area contributed by atoms with Gasteiger partial charge in [0.1, 0.15) is 11.6 Å². The predicted molar refractivity (Wildman–Crippen MR) is 71.8 cm³/mol. The van der Waals surface area contributed by atoms with Crippen molar-refractivity contribution < 1.29 is 22.7 Å². The van der Waals surface area contributed by atoms with E-state index in [4.69, 9.17) is 5.73 Å². The lowest BCUT2D eigenvalue weighted by atomic mass is 10.2. The number of nitrogens with two attached hydrogens (primary N) is 1. The Bertz CT molecular complexity index is 645. The molecule has 3 N–H and O–H groups in total. The standard InChI is InChI=1S/C14H11F3N2O2/c15-9-3-6-11(18)12(7-9)19-13(20)8-1-4-10(5-2-8)21-14(16)17/h1-7,14H,18H2,(H,19,20). The summed E-state index contributed by atoms with van der Waals surface area (Å²) in [4.78, 5) is 11.9. The van der Waals surface area contributed by atoms with Gasteiger partial charge < -0.3 is 15.8 Å². The Hall–Kier alpha value is -2.70. The lowest BCUT2D eigenvalue weighted by Gasteiger charge is -2.09. The van der Waals surface area contributed by atoms with Crippen LogP contribution in [0.25, 0.3) is 0 Å². The molecular weight excluding hydrogens is 285 g/mol. The smallest absolute Gasteiger partial charge is 0.387 e. The maximum atomic E-state index is 13.1. The number of nitrogens with one attached hydrogen (secondary N) is 1. The van der Waals surface area contributed by atoms with Crippen LogP contribution in [0.3, 0.4) is 0 Å². The maximum Gasteiger partial charge on any atom is 0.387 e. The average molecular weight is 296 g/mol. The molecule has 2 rings (SSSR count). The fourth-order valence-corrected chi connectivity index (χ4v) is 1.62. The van der Waals surface area contributed by atoms with Gasteiger partial charge in [0.05, 0.1) is 11.4 Å². The number of ether oxygens (including phenoxy) is 1. The summed E-state index contributed by atoms with van der Waals surface area (Å²) >= 11 is 0. The van der Waals surface area contributed by atoms with E-state index in [1.54, 1.807) is 0 Å². The first-order valence-electron chi connectivity index (χ1n) is 5.87. The van der Waals surface area contributed by atoms with Gasteiger partial charge in [0, 0.05) is 5.56 Å². The topological polar surface area (TPSA) is 64.3 Å². The summed E-state index contributed by atoms with van der Waals surface area (Å²) in [7, 11) is 0. The van der Waals surface area contributed by atoms with Crippen molar-refractivity contribution in [3.8, 4) is 5.75 Å². The zero-order valence-electron chi connectivity index (χ0n) is 10.6. The number of carbonyl (C=O) groups is 1. The van der Waals surface area contributed by atoms with Crippen LogP contribution in [0.1, 0.15) is 10.4 Å². The normalized spacial score (nSPS) is 10.5. The molecule has 2 aromatic carbocycles. The Kier molecular flexibility index (Phi) is 4.32. The van der Waals surface area contributed by atoms with E-state index < -0.39 is 18.3 Å². The van der Waals surface area contributed by atoms with Crippen LogP contribution in [0.5, 0.6) is 5.75 Å². The molecule has 0 fully saturated rings. The molecular formula is C14H11F3N2O2. The third-order valence-corrected chi connectivity index (χ3v) is 2.61. The third-order valence-electron chi connectivity index (χ3n) is 2.61. The van der Waals surface area contributed by atoms with E-state index in [0.717, 1.165) is 6.07 Å². The second-order valence-electron chi connectivity index (χ2n) is 4.09. The molecule has 0 unspecified atom stereocenters. The Morgan fingerprint density at radius 3 is 2.43 bits per heavy atom. The highest BCUT2D eigenvalue weighted by atomic mass is 19.3. The maximum absolute atomic E-state index is 13.1. The van der Waals surface area contributed by atoms with Crippen molar-refractivity contribution in [3.63, 3.8) is 0 Å². The first kappa shape index (κ1) is 14.7. The summed E-state index contributed by atoms with van der Waals surface area (Å²) in [6.07, 6.45) is 0. The average Bonchev–Trinajstić information content (AvgIpc) is 2.43. The third kappa shape index (κ3) is 3.88. The molecule has 0 aromatic heterocycles. The van der Waals surface area contributed by atoms with Crippen LogP contribution in [-0.2, 0) is 0 Å². The van der Waals surface area contributed by atoms with E-state index in [9.17, 15) is 18.0 Å². The summed E-state index contributed by atoms with van der Waals surface area (Å²) in [6.45, 7) is -2.93. The molecule has 2 aromatic rings. The van der Waals surface area contributed by atoms with Crippen LogP contribution in [0.2, 0.25) is 0 Å². The molecule has 0 aliphatic rings. The molecule has 110 valence electrons. The molecule has 0 heterocycles. The highest BCUT2D eigenvalue weighted by Crippen LogP contribution is 2.21. The van der Waals surface area contributed by atoms with Gasteiger partial charge in [-0.25, -0.2) is 4.39 Å². The van der Waals surface area contributed by atoms with Crippen molar-refractivity contribution in [1.29, 1.82) is 0 Å². The first-order chi connectivity index (χ1) is 9.95. The molecule has 0 aliphatic carbocycles. The molecule has 0 radical (unpaired) electrons. The molecule has 0 saturated heterocycles. The Balaban J connectivity index is 2.11. The fraction of sp³-hybridized carbons (Fsp3) is 0.0714. The summed E-state index contributed by atoms with van der Waals surface area (Å²) in [5, 5.41) is 2.43. The van der Waals surface area contributed by atoms with Gasteiger partial charge in [0.25, 0.3) is 5.91 Å². The van der Waals surface area contributed by atoms with Gasteiger partial charge >= 0.3 is 6.61 Å². The molecule has 0 atom stereocenters. The van der Waals surface area contributed by atoms with Crippen molar-refractivity contribution in [1.82, 2.24) is 0 Å². The number of halogens is 3. The number of hydrogen-bond acceptors (Lipinski definition) is 3. The number of anilines is 2. The summed E-state index contributed by atoms with van der Waals surface area (Å²) in [5.41, 5.74) is 6.15. The van der Waals surface area contributed by atoms with Gasteiger partial charge in [-0.15, -0.1) is 0 Å². The van der Waals surface area contributed by atoms with Gasteiger partial charge in [-0.05, 0) is 42.5 Å². The van der Waals surface area contributed by atoms with Crippen LogP contribution in [-0.4, -0.2) is 12.5 Å². The number of hydrogen-bond donors (Lipinski definition) is 2. The second kappa shape index (κ2) is 6.17. The van der Waals surface area contributed by atoms with Crippen LogP contribution in [0.4, 0.5) is 24.5 Å². The molecule has 7 heteroatoms. The van der Waals surface area contributed by atoms with Crippen molar-refractivity contribution in [2.45, 2.75) is 6.61 Å². The van der Waals surface area contributed by atoms with Crippen molar-refractivity contribution >= 4 is 17.3 Å². The Labute approximate surface area is 118 Å². The fourth-order valence-electron chi connectivity index (χ4n) is 1.62. The lowest BCUT2D eigenvalue weighted by Crippen LogP contribution is -2.13. The quantitative estimate of drug-likeness (QED) is 0.851. The zero-order chi connectivity index (χ0) is 15.4. The summed E-state index contributed by atoms with van der Waals surface area (Å²) in [6, 6.07) is 8.66. The van der Waals surface area contributed by atoms with Crippen LogP contribution in [0.15, 0.2) is 42.5 Å². The van der Waals surface area contributed by atoms with Gasteiger partial charge in [-0.3, -0.25) is 4.79 Å². The lowest BCUT2D eigenvalue weighted by molar-refractivity contribution is -0.0498. The van der Waals surface area contributed by atoms with Gasteiger partial charge in [-0.2, -0.15) is 8.78 Å². The highest BCUT2D eigenvalue weighted by molar-refractivity contribution is 6.05. The minimum absolute atomic E-state index is 0.0631. The van der Waals surface area contributed by atoms with Crippen molar-refractivity contribution in [2.75, 3.05) is 11.1 Å². The number of benzene rings is 2. The molecule has 1 amide bonds. The van der Waals surface area contributed by atoms with Crippen molar-refractivity contribution in [3.05, 3.63) is 53.8 Å². The van der Waals surface area contributed by atoms with E-state index in [0.29, 0.717) is 0 Å². The number of alkyl halides is 2. The number of amides is 1. The number of carbonyl (C=O) groups excluding carboxylic acids is 1. The monoisotopic (exact) mass is 296 g/mol. The van der Waals surface area contributed by atoms with E-state index >= 15 is 0 Å². The summed E-state index contributed by atoms with van der Waals surface area (Å²) in [5.74, 6) is -1.15. The molecule has 0 spiro atoms. The minimum Gasteiger partial charge on any atom is -0.435 e. The minimum atomic E-state index is -2.93. The van der Waals surface area contributed by atoms with Gasteiger partial charge in [0.2, 0.25) is 0 Å². The largest absolute Gasteiger partial charge is 0.435 e. The van der Waals surface area contributed by atoms with E-state index in [1.807, 2.05) is 0 Å². The highest BCUT2D eigenvalue weighted by Gasteiger charge is 2.10. The second-order valence-corrected chi connectivity index (χ2v) is 4.09. The molecule has 0 aliphatic heterocycles. The van der Waals surface area contributed by atoms with Crippen LogP contribution < -0.4 is 15.8 Å². The molecule has 4 nitrogen and oxygen atoms in total. The van der Waals surface area contributed by atoms with E-state index in [-0.39, 0.29) is 22.7 Å². The molecule has 0 bridgehead atoms. The Morgan fingerprint density at radius 2 is 1.81 bits per heavy atom. The van der Waals surface area contributed by atoms with E-state index in [1.165, 1.54) is 36.4 Å². The van der Waals surface area contributed by atoms with E-state index in [2.05, 4.69) is 10.1 Å². The van der Waals surface area contributed by atoms with Gasteiger partial charge in [-0.1, -0.05) is 0 Å². The van der Waals surface area contributed by atoms with Crippen LogP contribution in [0, 0.1) is 5.82 Å². The zero-order valence-corrected chi connectivity index (χ0v) is 10.6. The molecule has 0 saturated carbocycles. The SMILES string of the molecule is Nc1ccc(F)cc1NC(=O)c1ccc(OC(F)F)cc1. The number of nitrogen functional groups attached to an aromatic ring is 1. The molecule has 21 heavy (non-hydrogen) atoms. The van der Waals surface area contributed by atoms with Crippen LogP contribution >= 0.6 is 0 Å². The summed E-state index contributed by atoms with van der Waals surface area (Å²) < 4.78 is 41.2. The van der Waals surface area contributed by atoms with Gasteiger partial charge in [0.15, 0.2) is 0 Å².